The van der Waals surface area contributed by atoms with E-state index in [9.17, 15) is 4.79 Å². The first kappa shape index (κ1) is 11.2. The second-order valence-corrected chi connectivity index (χ2v) is 6.26. The highest BCUT2D eigenvalue weighted by Crippen LogP contribution is 2.38. The Morgan fingerprint density at radius 2 is 2.05 bits per heavy atom. The molecule has 2 aliphatic rings. The normalized spacial score (nSPS) is 21.4. The predicted molar refractivity (Wildman–Crippen MR) is 76.6 cm³/mol. The van der Waals surface area contributed by atoms with Crippen LogP contribution in [0.3, 0.4) is 0 Å². The van der Waals surface area contributed by atoms with E-state index in [1.807, 2.05) is 29.5 Å². The van der Waals surface area contributed by atoms with Crippen molar-refractivity contribution in [2.45, 2.75) is 25.3 Å². The highest BCUT2D eigenvalue weighted by Gasteiger charge is 2.36. The van der Waals surface area contributed by atoms with Gasteiger partial charge in [-0.2, -0.15) is 0 Å². The van der Waals surface area contributed by atoms with Crippen molar-refractivity contribution in [2.75, 3.05) is 6.54 Å². The van der Waals surface area contributed by atoms with Crippen LogP contribution in [0, 0.1) is 0 Å². The third-order valence-electron chi connectivity index (χ3n) is 4.29. The highest BCUT2D eigenvalue weighted by molar-refractivity contribution is 7.10. The Morgan fingerprint density at radius 1 is 1.16 bits per heavy atom. The van der Waals surface area contributed by atoms with Crippen molar-refractivity contribution in [2.24, 2.45) is 0 Å². The Labute approximate surface area is 116 Å². The molecule has 2 nitrogen and oxygen atoms in total. The summed E-state index contributed by atoms with van der Waals surface area (Å²) < 4.78 is 0. The molecule has 2 aliphatic heterocycles. The van der Waals surface area contributed by atoms with Gasteiger partial charge < -0.3 is 4.90 Å². The quantitative estimate of drug-likeness (QED) is 0.717. The molecule has 96 valence electrons. The maximum atomic E-state index is 12.5. The van der Waals surface area contributed by atoms with Gasteiger partial charge in [-0.1, -0.05) is 18.2 Å². The largest absolute Gasteiger partial charge is 0.331 e. The molecule has 0 saturated heterocycles. The number of amides is 1. The number of aryl methyl sites for hydroxylation is 1. The molecule has 1 aromatic carbocycles. The number of rotatable bonds is 0. The van der Waals surface area contributed by atoms with E-state index < -0.39 is 0 Å². The lowest BCUT2D eigenvalue weighted by Crippen LogP contribution is -2.31. The molecule has 0 fully saturated rings. The van der Waals surface area contributed by atoms with Crippen molar-refractivity contribution in [1.29, 1.82) is 0 Å². The third kappa shape index (κ3) is 1.65. The van der Waals surface area contributed by atoms with Gasteiger partial charge in [0, 0.05) is 17.0 Å². The molecule has 1 atom stereocenters. The number of thiophene rings is 1. The summed E-state index contributed by atoms with van der Waals surface area (Å²) >= 11 is 1.86. The standard InChI is InChI=1S/C16H15NOS/c18-16-13-4-2-1-3-12(13)14-5-6-15-11(8-10-19-15)7-9-17(14)16/h1-4,8,10,14H,5-7,9H2. The van der Waals surface area contributed by atoms with Crippen LogP contribution in [-0.2, 0) is 12.8 Å². The summed E-state index contributed by atoms with van der Waals surface area (Å²) in [6.07, 6.45) is 3.14. The molecule has 3 heterocycles. The van der Waals surface area contributed by atoms with E-state index in [-0.39, 0.29) is 5.91 Å². The topological polar surface area (TPSA) is 20.3 Å². The van der Waals surface area contributed by atoms with E-state index in [0.29, 0.717) is 6.04 Å². The first-order valence-corrected chi connectivity index (χ1v) is 7.68. The smallest absolute Gasteiger partial charge is 0.254 e. The summed E-state index contributed by atoms with van der Waals surface area (Å²) in [7, 11) is 0. The zero-order valence-corrected chi connectivity index (χ0v) is 11.5. The minimum atomic E-state index is 0.222. The summed E-state index contributed by atoms with van der Waals surface area (Å²) in [6.45, 7) is 0.849. The molecular weight excluding hydrogens is 254 g/mol. The average molecular weight is 269 g/mol. The minimum absolute atomic E-state index is 0.222. The van der Waals surface area contributed by atoms with Gasteiger partial charge in [0.05, 0.1) is 6.04 Å². The van der Waals surface area contributed by atoms with Gasteiger partial charge in [-0.15, -0.1) is 11.3 Å². The van der Waals surface area contributed by atoms with E-state index >= 15 is 0 Å². The van der Waals surface area contributed by atoms with Gasteiger partial charge >= 0.3 is 0 Å². The number of fused-ring (bicyclic) bond motifs is 4. The fourth-order valence-electron chi connectivity index (χ4n) is 3.33. The molecule has 0 saturated carbocycles. The zero-order valence-electron chi connectivity index (χ0n) is 10.6. The lowest BCUT2D eigenvalue weighted by Gasteiger charge is -2.27. The minimum Gasteiger partial charge on any atom is -0.331 e. The van der Waals surface area contributed by atoms with Crippen molar-refractivity contribution < 1.29 is 4.79 Å². The second kappa shape index (κ2) is 4.20. The number of nitrogens with zero attached hydrogens (tertiary/aromatic N) is 1. The van der Waals surface area contributed by atoms with Gasteiger partial charge in [0.2, 0.25) is 0 Å². The Kier molecular flexibility index (Phi) is 2.49. The molecule has 1 aromatic heterocycles. The predicted octanol–water partition coefficient (Wildman–Crippen LogP) is 3.43. The van der Waals surface area contributed by atoms with Gasteiger partial charge in [0.1, 0.15) is 0 Å². The van der Waals surface area contributed by atoms with E-state index in [0.717, 1.165) is 31.4 Å². The van der Waals surface area contributed by atoms with Crippen LogP contribution in [0.2, 0.25) is 0 Å². The molecule has 19 heavy (non-hydrogen) atoms. The van der Waals surface area contributed by atoms with Crippen LogP contribution in [-0.4, -0.2) is 17.4 Å². The molecule has 2 aromatic rings. The first-order valence-electron chi connectivity index (χ1n) is 6.80. The summed E-state index contributed by atoms with van der Waals surface area (Å²) in [6, 6.07) is 10.6. The molecule has 0 radical (unpaired) electrons. The van der Waals surface area contributed by atoms with Crippen molar-refractivity contribution in [3.8, 4) is 0 Å². The third-order valence-corrected chi connectivity index (χ3v) is 5.31. The van der Waals surface area contributed by atoms with Crippen molar-refractivity contribution >= 4 is 17.2 Å². The average Bonchev–Trinajstić information content (AvgIpc) is 2.95. The van der Waals surface area contributed by atoms with Crippen molar-refractivity contribution in [3.05, 3.63) is 57.3 Å². The van der Waals surface area contributed by atoms with Crippen LogP contribution in [0.1, 0.15) is 38.8 Å². The Hall–Kier alpha value is -1.61. The molecule has 0 spiro atoms. The Bertz CT molecular complexity index is 646. The van der Waals surface area contributed by atoms with Gasteiger partial charge in [-0.05, 0) is 47.9 Å². The molecule has 0 aliphatic carbocycles. The number of hydrogen-bond acceptors (Lipinski definition) is 2. The Morgan fingerprint density at radius 3 is 3.00 bits per heavy atom. The summed E-state index contributed by atoms with van der Waals surface area (Å²) in [5, 5.41) is 2.18. The highest BCUT2D eigenvalue weighted by atomic mass is 32.1. The van der Waals surface area contributed by atoms with Gasteiger partial charge in [0.15, 0.2) is 0 Å². The maximum absolute atomic E-state index is 12.5. The van der Waals surface area contributed by atoms with E-state index in [1.54, 1.807) is 0 Å². The van der Waals surface area contributed by atoms with Gasteiger partial charge in [-0.25, -0.2) is 0 Å². The molecular formula is C16H15NOS. The fourth-order valence-corrected chi connectivity index (χ4v) is 4.29. The summed E-state index contributed by atoms with van der Waals surface area (Å²) in [4.78, 5) is 16.1. The summed E-state index contributed by atoms with van der Waals surface area (Å²) in [5.41, 5.74) is 3.58. The molecule has 4 rings (SSSR count). The molecule has 3 heteroatoms. The second-order valence-electron chi connectivity index (χ2n) is 5.26. The Balaban J connectivity index is 1.74. The van der Waals surface area contributed by atoms with Gasteiger partial charge in [-0.3, -0.25) is 4.79 Å². The monoisotopic (exact) mass is 269 g/mol. The number of carbonyl (C=O) groups excluding carboxylic acids is 1. The van der Waals surface area contributed by atoms with Crippen LogP contribution >= 0.6 is 11.3 Å². The van der Waals surface area contributed by atoms with E-state index in [1.165, 1.54) is 16.0 Å². The van der Waals surface area contributed by atoms with Crippen LogP contribution in [0.15, 0.2) is 35.7 Å². The number of carbonyl (C=O) groups is 1. The van der Waals surface area contributed by atoms with E-state index in [2.05, 4.69) is 22.4 Å². The van der Waals surface area contributed by atoms with Crippen molar-refractivity contribution in [1.82, 2.24) is 4.90 Å². The lowest BCUT2D eigenvalue weighted by atomic mass is 9.97. The molecule has 1 unspecified atom stereocenters. The van der Waals surface area contributed by atoms with E-state index in [4.69, 9.17) is 0 Å². The fraction of sp³-hybridized carbons (Fsp3) is 0.312. The number of benzene rings is 1. The molecule has 0 N–H and O–H groups in total. The van der Waals surface area contributed by atoms with Crippen molar-refractivity contribution in [3.63, 3.8) is 0 Å². The van der Waals surface area contributed by atoms with Crippen LogP contribution in [0.4, 0.5) is 0 Å². The lowest BCUT2D eigenvalue weighted by molar-refractivity contribution is 0.0717. The van der Waals surface area contributed by atoms with Crippen LogP contribution in [0.5, 0.6) is 0 Å². The first-order chi connectivity index (χ1) is 9.34. The molecule has 1 amide bonds. The van der Waals surface area contributed by atoms with Crippen LogP contribution < -0.4 is 0 Å². The van der Waals surface area contributed by atoms with Crippen LogP contribution in [0.25, 0.3) is 0 Å². The number of hydrogen-bond donors (Lipinski definition) is 0. The summed E-state index contributed by atoms with van der Waals surface area (Å²) in [5.74, 6) is 0.222. The van der Waals surface area contributed by atoms with Gasteiger partial charge in [0.25, 0.3) is 5.91 Å². The maximum Gasteiger partial charge on any atom is 0.254 e. The molecule has 0 bridgehead atoms. The SMILES string of the molecule is O=C1c2ccccc2C2CCc3sccc3CCN12. The zero-order chi connectivity index (χ0) is 12.8.